The van der Waals surface area contributed by atoms with Crippen molar-refractivity contribution in [1.29, 1.82) is 0 Å². The van der Waals surface area contributed by atoms with Crippen LogP contribution in [0, 0.1) is 0 Å². The van der Waals surface area contributed by atoms with Crippen LogP contribution in [0.4, 0.5) is 5.69 Å². The number of aliphatic imine (C=N–C) groups is 1. The molecule has 1 aromatic rings. The summed E-state index contributed by atoms with van der Waals surface area (Å²) >= 11 is 1.59. The van der Waals surface area contributed by atoms with Crippen LogP contribution in [0.25, 0.3) is 0 Å². The number of H-pyrrole nitrogens is 1. The van der Waals surface area contributed by atoms with Gasteiger partial charge in [-0.25, -0.2) is 4.98 Å². The third-order valence-electron chi connectivity index (χ3n) is 3.19. The summed E-state index contributed by atoms with van der Waals surface area (Å²) in [6.07, 6.45) is 4.17. The average molecular weight is 298 g/mol. The lowest BCUT2D eigenvalue weighted by molar-refractivity contribution is 0.0694. The van der Waals surface area contributed by atoms with Gasteiger partial charge in [-0.1, -0.05) is 0 Å². The number of nitrogens with one attached hydrogen (secondary N) is 2. The predicted molar refractivity (Wildman–Crippen MR) is 79.0 cm³/mol. The van der Waals surface area contributed by atoms with Crippen LogP contribution < -0.4 is 10.9 Å². The molecule has 0 amide bonds. The van der Waals surface area contributed by atoms with E-state index in [1.165, 1.54) is 6.33 Å². The van der Waals surface area contributed by atoms with E-state index < -0.39 is 6.10 Å². The SMILES string of the molecule is CSC[C@H](NCC1C=Nc2c1nc[nH]c2=O)[C@@H](O)CO. The molecule has 4 N–H and O–H groups in total. The van der Waals surface area contributed by atoms with E-state index in [-0.39, 0.29) is 24.1 Å². The Morgan fingerprint density at radius 3 is 3.10 bits per heavy atom. The van der Waals surface area contributed by atoms with E-state index in [0.29, 0.717) is 23.7 Å². The molecule has 7 nitrogen and oxygen atoms in total. The first-order chi connectivity index (χ1) is 9.67. The molecule has 0 aromatic carbocycles. The summed E-state index contributed by atoms with van der Waals surface area (Å²) in [5.41, 5.74) is 0.746. The highest BCUT2D eigenvalue weighted by atomic mass is 32.2. The number of hydrogen-bond donors (Lipinski definition) is 4. The number of nitrogens with zero attached hydrogens (tertiary/aromatic N) is 2. The van der Waals surface area contributed by atoms with Crippen LogP contribution in [-0.2, 0) is 0 Å². The molecule has 2 rings (SSSR count). The summed E-state index contributed by atoms with van der Waals surface area (Å²) in [6, 6.07) is -0.213. The van der Waals surface area contributed by atoms with Crippen molar-refractivity contribution in [3.05, 3.63) is 22.4 Å². The highest BCUT2D eigenvalue weighted by Gasteiger charge is 2.25. The van der Waals surface area contributed by atoms with Crippen LogP contribution in [0.15, 0.2) is 16.1 Å². The van der Waals surface area contributed by atoms with E-state index in [4.69, 9.17) is 5.11 Å². The largest absolute Gasteiger partial charge is 0.394 e. The molecular weight excluding hydrogens is 280 g/mol. The van der Waals surface area contributed by atoms with Crippen molar-refractivity contribution in [3.63, 3.8) is 0 Å². The Morgan fingerprint density at radius 1 is 1.60 bits per heavy atom. The zero-order valence-electron chi connectivity index (χ0n) is 11.1. The maximum Gasteiger partial charge on any atom is 0.276 e. The predicted octanol–water partition coefficient (Wildman–Crippen LogP) is -0.756. The maximum atomic E-state index is 11.5. The van der Waals surface area contributed by atoms with Gasteiger partial charge in [0.1, 0.15) is 5.69 Å². The topological polar surface area (TPSA) is 111 Å². The van der Waals surface area contributed by atoms with Crippen molar-refractivity contribution in [1.82, 2.24) is 15.3 Å². The van der Waals surface area contributed by atoms with Gasteiger partial charge in [-0.3, -0.25) is 9.79 Å². The second kappa shape index (κ2) is 6.98. The number of aromatic nitrogens is 2. The van der Waals surface area contributed by atoms with Gasteiger partial charge in [-0.15, -0.1) is 0 Å². The first-order valence-electron chi connectivity index (χ1n) is 6.30. The highest BCUT2D eigenvalue weighted by Crippen LogP contribution is 2.25. The lowest BCUT2D eigenvalue weighted by Crippen LogP contribution is -2.45. The molecule has 110 valence electrons. The normalized spacial score (nSPS) is 19.9. The highest BCUT2D eigenvalue weighted by molar-refractivity contribution is 7.98. The third kappa shape index (κ3) is 3.26. The number of thioether (sulfide) groups is 1. The van der Waals surface area contributed by atoms with E-state index in [2.05, 4.69) is 20.3 Å². The van der Waals surface area contributed by atoms with Crippen molar-refractivity contribution in [3.8, 4) is 0 Å². The van der Waals surface area contributed by atoms with Crippen molar-refractivity contribution in [2.24, 2.45) is 4.99 Å². The lowest BCUT2D eigenvalue weighted by atomic mass is 10.1. The zero-order chi connectivity index (χ0) is 14.5. The fourth-order valence-electron chi connectivity index (χ4n) is 2.08. The van der Waals surface area contributed by atoms with Gasteiger partial charge in [0.05, 0.1) is 30.7 Å². The summed E-state index contributed by atoms with van der Waals surface area (Å²) in [6.45, 7) is 0.223. The van der Waals surface area contributed by atoms with Crippen molar-refractivity contribution >= 4 is 23.7 Å². The Bertz CT molecular complexity index is 534. The quantitative estimate of drug-likeness (QED) is 0.527. The Balaban J connectivity index is 2.01. The second-order valence-corrected chi connectivity index (χ2v) is 5.48. The molecular formula is C12H18N4O3S. The lowest BCUT2D eigenvalue weighted by Gasteiger charge is -2.23. The molecule has 0 spiro atoms. The monoisotopic (exact) mass is 298 g/mol. The van der Waals surface area contributed by atoms with Crippen molar-refractivity contribution in [2.75, 3.05) is 25.2 Å². The number of aliphatic hydroxyl groups is 2. The summed E-state index contributed by atoms with van der Waals surface area (Å²) in [5.74, 6) is 0.587. The molecule has 0 radical (unpaired) electrons. The number of aliphatic hydroxyl groups excluding tert-OH is 2. The van der Waals surface area contributed by atoms with Crippen LogP contribution in [0.2, 0.25) is 0 Å². The van der Waals surface area contributed by atoms with E-state index in [1.54, 1.807) is 18.0 Å². The van der Waals surface area contributed by atoms with Gasteiger partial charge in [-0.05, 0) is 6.26 Å². The molecule has 3 atom stereocenters. The number of aromatic amines is 1. The van der Waals surface area contributed by atoms with Crippen molar-refractivity contribution < 1.29 is 10.2 Å². The molecule has 1 aromatic heterocycles. The smallest absolute Gasteiger partial charge is 0.276 e. The third-order valence-corrected chi connectivity index (χ3v) is 3.88. The summed E-state index contributed by atoms with van der Waals surface area (Å²) in [4.78, 5) is 22.3. The van der Waals surface area contributed by atoms with Gasteiger partial charge in [0, 0.05) is 24.6 Å². The number of hydrogen-bond acceptors (Lipinski definition) is 7. The summed E-state index contributed by atoms with van der Waals surface area (Å²) < 4.78 is 0. The average Bonchev–Trinajstić information content (AvgIpc) is 2.87. The molecule has 0 saturated heterocycles. The standard InChI is InChI=1S/C12H18N4O3S/c1-20-5-8(9(18)4-17)13-2-7-3-14-11-10(7)15-6-16-12(11)19/h3,6-9,13,17-18H,2,4-5H2,1H3,(H,15,16,19)/t7?,8-,9-/m0/s1. The first kappa shape index (κ1) is 15.2. The molecule has 2 heterocycles. The van der Waals surface area contributed by atoms with E-state index in [9.17, 15) is 9.90 Å². The minimum absolute atomic E-state index is 0.0949. The van der Waals surface area contributed by atoms with Gasteiger partial charge in [0.25, 0.3) is 5.56 Å². The van der Waals surface area contributed by atoms with Gasteiger partial charge in [0.15, 0.2) is 0 Å². The van der Waals surface area contributed by atoms with E-state index in [1.807, 2.05) is 6.26 Å². The minimum atomic E-state index is -0.813. The Hall–Kier alpha value is -1.22. The second-order valence-electron chi connectivity index (χ2n) is 4.57. The van der Waals surface area contributed by atoms with Gasteiger partial charge >= 0.3 is 0 Å². The molecule has 0 bridgehead atoms. The first-order valence-corrected chi connectivity index (χ1v) is 7.69. The van der Waals surface area contributed by atoms with Crippen LogP contribution in [-0.4, -0.2) is 63.7 Å². The molecule has 1 aliphatic rings. The summed E-state index contributed by atoms with van der Waals surface area (Å²) in [5, 5.41) is 22.0. The zero-order valence-corrected chi connectivity index (χ0v) is 11.9. The Kier molecular flexibility index (Phi) is 5.30. The molecule has 8 heteroatoms. The van der Waals surface area contributed by atoms with Crippen molar-refractivity contribution in [2.45, 2.75) is 18.1 Å². The van der Waals surface area contributed by atoms with Crippen LogP contribution in [0.5, 0.6) is 0 Å². The number of fused-ring (bicyclic) bond motifs is 1. The molecule has 0 fully saturated rings. The van der Waals surface area contributed by atoms with Crippen LogP contribution in [0.1, 0.15) is 11.6 Å². The molecule has 1 unspecified atom stereocenters. The molecule has 0 saturated carbocycles. The van der Waals surface area contributed by atoms with E-state index >= 15 is 0 Å². The maximum absolute atomic E-state index is 11.5. The van der Waals surface area contributed by atoms with Crippen LogP contribution >= 0.6 is 11.8 Å². The van der Waals surface area contributed by atoms with Gasteiger partial charge in [0.2, 0.25) is 0 Å². The minimum Gasteiger partial charge on any atom is -0.394 e. The Morgan fingerprint density at radius 2 is 2.40 bits per heavy atom. The van der Waals surface area contributed by atoms with Gasteiger partial charge in [-0.2, -0.15) is 11.8 Å². The Labute approximate surface area is 120 Å². The molecule has 0 aliphatic carbocycles. The fourth-order valence-corrected chi connectivity index (χ4v) is 2.78. The fraction of sp³-hybridized carbons (Fsp3) is 0.583. The van der Waals surface area contributed by atoms with Crippen LogP contribution in [0.3, 0.4) is 0 Å². The van der Waals surface area contributed by atoms with Gasteiger partial charge < -0.3 is 20.5 Å². The molecule has 20 heavy (non-hydrogen) atoms. The van der Waals surface area contributed by atoms with E-state index in [0.717, 1.165) is 0 Å². The number of rotatable bonds is 7. The summed E-state index contributed by atoms with van der Waals surface area (Å²) in [7, 11) is 0. The molecule has 1 aliphatic heterocycles.